The number of allylic oxidation sites excluding steroid dienone is 1. The average molecular weight is 180 g/mol. The van der Waals surface area contributed by atoms with E-state index in [1.807, 2.05) is 13.0 Å². The van der Waals surface area contributed by atoms with Crippen LogP contribution in [0.1, 0.15) is 31.7 Å². The number of aromatic nitrogens is 1. The predicted molar refractivity (Wildman–Crippen MR) is 54.1 cm³/mol. The van der Waals surface area contributed by atoms with Crippen LogP contribution in [0, 0.1) is 12.8 Å². The van der Waals surface area contributed by atoms with Gasteiger partial charge in [0.25, 0.3) is 0 Å². The molecule has 3 nitrogen and oxygen atoms in total. The second-order valence-corrected chi connectivity index (χ2v) is 3.58. The molecule has 3 heteroatoms. The Morgan fingerprint density at radius 3 is 2.69 bits per heavy atom. The van der Waals surface area contributed by atoms with Crippen molar-refractivity contribution in [1.82, 2.24) is 5.16 Å². The molecule has 13 heavy (non-hydrogen) atoms. The van der Waals surface area contributed by atoms with Gasteiger partial charge in [-0.05, 0) is 25.3 Å². The molecule has 0 spiro atoms. The van der Waals surface area contributed by atoms with Gasteiger partial charge in [0.05, 0.1) is 0 Å². The van der Waals surface area contributed by atoms with Crippen LogP contribution in [0.3, 0.4) is 0 Å². The summed E-state index contributed by atoms with van der Waals surface area (Å²) >= 11 is 0. The monoisotopic (exact) mass is 180 g/mol. The van der Waals surface area contributed by atoms with E-state index in [0.29, 0.717) is 17.4 Å². The fourth-order valence-corrected chi connectivity index (χ4v) is 0.962. The molecule has 0 atom stereocenters. The Bertz CT molecular complexity index is 300. The van der Waals surface area contributed by atoms with Gasteiger partial charge in [-0.2, -0.15) is 0 Å². The van der Waals surface area contributed by atoms with Crippen molar-refractivity contribution in [3.05, 3.63) is 17.5 Å². The summed E-state index contributed by atoms with van der Waals surface area (Å²) in [5.74, 6) is 1.32. The van der Waals surface area contributed by atoms with E-state index in [-0.39, 0.29) is 0 Å². The van der Waals surface area contributed by atoms with Crippen LogP contribution >= 0.6 is 0 Å². The third-order valence-corrected chi connectivity index (χ3v) is 1.81. The second kappa shape index (κ2) is 4.12. The molecule has 0 amide bonds. The zero-order valence-corrected chi connectivity index (χ0v) is 8.37. The number of nitrogens with two attached hydrogens (primary N) is 1. The smallest absolute Gasteiger partial charge is 0.182 e. The molecule has 0 bridgehead atoms. The molecule has 0 aromatic carbocycles. The summed E-state index contributed by atoms with van der Waals surface area (Å²) in [4.78, 5) is 0. The number of anilines is 1. The number of nitrogen functional groups attached to an aromatic ring is 1. The molecule has 0 radical (unpaired) electrons. The summed E-state index contributed by atoms with van der Waals surface area (Å²) in [7, 11) is 0. The van der Waals surface area contributed by atoms with Gasteiger partial charge in [-0.3, -0.25) is 0 Å². The highest BCUT2D eigenvalue weighted by molar-refractivity contribution is 5.60. The molecule has 1 heterocycles. The molecule has 72 valence electrons. The Hall–Kier alpha value is -1.25. The third-order valence-electron chi connectivity index (χ3n) is 1.81. The standard InChI is InChI=1S/C10H16N2O/c1-7(2)5-4-6-9-10(11)8(3)12-13-9/h4,6-7H,5,11H2,1-3H3/b6-4+. The number of aryl methyl sites for hydroxylation is 1. The molecule has 0 unspecified atom stereocenters. The van der Waals surface area contributed by atoms with Gasteiger partial charge in [0.15, 0.2) is 5.76 Å². The molecule has 0 saturated heterocycles. The minimum absolute atomic E-state index is 0.639. The molecular weight excluding hydrogens is 164 g/mol. The van der Waals surface area contributed by atoms with E-state index in [0.717, 1.165) is 12.1 Å². The molecule has 1 aromatic rings. The highest BCUT2D eigenvalue weighted by Gasteiger charge is 2.04. The first-order chi connectivity index (χ1) is 6.11. The van der Waals surface area contributed by atoms with Crippen LogP contribution in [-0.4, -0.2) is 5.16 Å². The number of hydrogen-bond acceptors (Lipinski definition) is 3. The minimum Gasteiger partial charge on any atom is -0.394 e. The van der Waals surface area contributed by atoms with Crippen molar-refractivity contribution in [3.8, 4) is 0 Å². The molecule has 0 saturated carbocycles. The summed E-state index contributed by atoms with van der Waals surface area (Å²) in [6.45, 7) is 6.16. The van der Waals surface area contributed by atoms with Gasteiger partial charge >= 0.3 is 0 Å². The van der Waals surface area contributed by atoms with Crippen LogP contribution in [0.25, 0.3) is 6.08 Å². The summed E-state index contributed by atoms with van der Waals surface area (Å²) in [6, 6.07) is 0. The van der Waals surface area contributed by atoms with E-state index in [2.05, 4.69) is 25.1 Å². The summed E-state index contributed by atoms with van der Waals surface area (Å²) in [6.07, 6.45) is 4.97. The molecule has 0 fully saturated rings. The van der Waals surface area contributed by atoms with Gasteiger partial charge in [0, 0.05) is 0 Å². The predicted octanol–water partition coefficient (Wildman–Crippen LogP) is 2.62. The number of rotatable bonds is 3. The van der Waals surface area contributed by atoms with Crippen LogP contribution in [-0.2, 0) is 0 Å². The lowest BCUT2D eigenvalue weighted by Crippen LogP contribution is -1.87. The van der Waals surface area contributed by atoms with Crippen molar-refractivity contribution in [2.45, 2.75) is 27.2 Å². The van der Waals surface area contributed by atoms with Crippen molar-refractivity contribution >= 4 is 11.8 Å². The summed E-state index contributed by atoms with van der Waals surface area (Å²) in [5.41, 5.74) is 7.10. The van der Waals surface area contributed by atoms with E-state index in [1.54, 1.807) is 0 Å². The summed E-state index contributed by atoms with van der Waals surface area (Å²) < 4.78 is 5.02. The summed E-state index contributed by atoms with van der Waals surface area (Å²) in [5, 5.41) is 3.76. The van der Waals surface area contributed by atoms with Gasteiger partial charge in [0.1, 0.15) is 11.4 Å². The van der Waals surface area contributed by atoms with Crippen molar-refractivity contribution in [2.24, 2.45) is 5.92 Å². The van der Waals surface area contributed by atoms with Crippen molar-refractivity contribution in [3.63, 3.8) is 0 Å². The molecule has 0 aliphatic carbocycles. The van der Waals surface area contributed by atoms with Crippen molar-refractivity contribution in [2.75, 3.05) is 5.73 Å². The number of nitrogens with zero attached hydrogens (tertiary/aromatic N) is 1. The minimum atomic E-state index is 0.639. The van der Waals surface area contributed by atoms with Crippen LogP contribution < -0.4 is 5.73 Å². The second-order valence-electron chi connectivity index (χ2n) is 3.58. The first-order valence-corrected chi connectivity index (χ1v) is 4.49. The lowest BCUT2D eigenvalue weighted by Gasteiger charge is -1.95. The molecule has 0 aliphatic rings. The van der Waals surface area contributed by atoms with Crippen LogP contribution in [0.4, 0.5) is 5.69 Å². The Kier molecular flexibility index (Phi) is 3.12. The largest absolute Gasteiger partial charge is 0.394 e. The first kappa shape index (κ1) is 9.84. The maximum absolute atomic E-state index is 5.71. The normalized spacial score (nSPS) is 11.7. The highest BCUT2D eigenvalue weighted by Crippen LogP contribution is 2.17. The maximum Gasteiger partial charge on any atom is 0.182 e. The van der Waals surface area contributed by atoms with Crippen LogP contribution in [0.15, 0.2) is 10.6 Å². The van der Waals surface area contributed by atoms with Gasteiger partial charge in [-0.25, -0.2) is 0 Å². The van der Waals surface area contributed by atoms with Crippen molar-refractivity contribution < 1.29 is 4.52 Å². The quantitative estimate of drug-likeness (QED) is 0.777. The van der Waals surface area contributed by atoms with E-state index < -0.39 is 0 Å². The fourth-order valence-electron chi connectivity index (χ4n) is 0.962. The van der Waals surface area contributed by atoms with E-state index in [4.69, 9.17) is 10.3 Å². The van der Waals surface area contributed by atoms with Crippen molar-refractivity contribution in [1.29, 1.82) is 0 Å². The molecule has 1 aromatic heterocycles. The topological polar surface area (TPSA) is 52.0 Å². The van der Waals surface area contributed by atoms with E-state index in [1.165, 1.54) is 0 Å². The zero-order chi connectivity index (χ0) is 9.84. The Morgan fingerprint density at radius 2 is 2.23 bits per heavy atom. The van der Waals surface area contributed by atoms with Gasteiger partial charge in [-0.1, -0.05) is 25.1 Å². The lowest BCUT2D eigenvalue weighted by atomic mass is 10.1. The van der Waals surface area contributed by atoms with Gasteiger partial charge in [0.2, 0.25) is 0 Å². The zero-order valence-electron chi connectivity index (χ0n) is 8.37. The van der Waals surface area contributed by atoms with E-state index >= 15 is 0 Å². The molecular formula is C10H16N2O. The average Bonchev–Trinajstić information content (AvgIpc) is 2.35. The SMILES string of the molecule is Cc1noc(/C=C/CC(C)C)c1N. The Morgan fingerprint density at radius 1 is 1.54 bits per heavy atom. The van der Waals surface area contributed by atoms with E-state index in [9.17, 15) is 0 Å². The Labute approximate surface area is 78.6 Å². The van der Waals surface area contributed by atoms with Crippen LogP contribution in [0.2, 0.25) is 0 Å². The molecule has 0 aliphatic heterocycles. The van der Waals surface area contributed by atoms with Crippen LogP contribution in [0.5, 0.6) is 0 Å². The lowest BCUT2D eigenvalue weighted by molar-refractivity contribution is 0.408. The third kappa shape index (κ3) is 2.61. The van der Waals surface area contributed by atoms with Gasteiger partial charge in [-0.15, -0.1) is 0 Å². The Balaban J connectivity index is 2.63. The van der Waals surface area contributed by atoms with Gasteiger partial charge < -0.3 is 10.3 Å². The fraction of sp³-hybridized carbons (Fsp3) is 0.500. The highest BCUT2D eigenvalue weighted by atomic mass is 16.5. The maximum atomic E-state index is 5.71. The molecule has 2 N–H and O–H groups in total. The first-order valence-electron chi connectivity index (χ1n) is 4.49. The number of hydrogen-bond donors (Lipinski definition) is 1. The molecule has 1 rings (SSSR count).